The number of carbonyl (C=O) groups is 3. The van der Waals surface area contributed by atoms with Gasteiger partial charge < -0.3 is 35.2 Å². The molecule has 56 heavy (non-hydrogen) atoms. The largest absolute Gasteiger partial charge is 0.481 e. The molecule has 0 aliphatic rings. The Morgan fingerprint density at radius 2 is 1.32 bits per heavy atom. The summed E-state index contributed by atoms with van der Waals surface area (Å²) >= 11 is 1.18. The summed E-state index contributed by atoms with van der Waals surface area (Å²) in [5.74, 6) is -2.41. The van der Waals surface area contributed by atoms with Crippen LogP contribution in [0.15, 0.2) is 60.8 Å². The van der Waals surface area contributed by atoms with Crippen molar-refractivity contribution in [3.05, 3.63) is 60.8 Å². The molecule has 0 rings (SSSR count). The van der Waals surface area contributed by atoms with Crippen LogP contribution in [0.5, 0.6) is 0 Å². The molecular weight excluding hydrogens is 757 g/mol. The van der Waals surface area contributed by atoms with E-state index < -0.39 is 62.4 Å². The maximum Gasteiger partial charge on any atom is 0.469 e. The molecule has 0 radical (unpaired) electrons. The molecule has 0 aromatic carbocycles. The molecule has 0 aliphatic heterocycles. The fraction of sp³-hybridized carbons (Fsp3) is 0.690. The zero-order valence-corrected chi connectivity index (χ0v) is 35.6. The van der Waals surface area contributed by atoms with E-state index in [0.717, 1.165) is 51.4 Å². The van der Waals surface area contributed by atoms with E-state index in [0.29, 0.717) is 6.42 Å². The van der Waals surface area contributed by atoms with Crippen molar-refractivity contribution < 1.29 is 52.9 Å². The number of carboxylic acid groups (broad SMARTS) is 1. The maximum atomic E-state index is 12.9. The summed E-state index contributed by atoms with van der Waals surface area (Å²) in [5.41, 5.74) is 6.11. The fourth-order valence-electron chi connectivity index (χ4n) is 5.26. The lowest BCUT2D eigenvalue weighted by Crippen LogP contribution is -2.40. The molecule has 0 saturated carbocycles. The van der Waals surface area contributed by atoms with Crippen LogP contribution in [0.4, 0.5) is 0 Å². The smallest absolute Gasteiger partial charge is 0.469 e. The first-order chi connectivity index (χ1) is 26.9. The highest BCUT2D eigenvalue weighted by Gasteiger charge is 2.27. The third-order valence-corrected chi connectivity index (χ3v) is 10.4. The van der Waals surface area contributed by atoms with Gasteiger partial charge in [-0.15, -0.1) is 11.8 Å². The lowest BCUT2D eigenvalue weighted by Gasteiger charge is -2.23. The van der Waals surface area contributed by atoms with E-state index in [1.165, 1.54) is 56.7 Å². The molecule has 0 unspecified atom stereocenters. The molecule has 0 amide bonds. The number of hydrogen-bond donors (Lipinski definition) is 5. The monoisotopic (exact) mass is 829 g/mol. The average molecular weight is 830 g/mol. The van der Waals surface area contributed by atoms with Crippen molar-refractivity contribution in [2.75, 3.05) is 19.0 Å². The second-order valence-corrected chi connectivity index (χ2v) is 16.3. The van der Waals surface area contributed by atoms with Crippen LogP contribution in [-0.4, -0.2) is 80.4 Å². The van der Waals surface area contributed by atoms with Crippen molar-refractivity contribution >= 4 is 37.5 Å². The Kier molecular flexibility index (Phi) is 35.2. The molecule has 0 fully saturated rings. The normalized spacial score (nSPS) is 14.7. The van der Waals surface area contributed by atoms with Gasteiger partial charge in [0.25, 0.3) is 0 Å². The zero-order valence-electron chi connectivity index (χ0n) is 33.9. The molecule has 0 spiro atoms. The molecule has 322 valence electrons. The van der Waals surface area contributed by atoms with Crippen molar-refractivity contribution in [1.29, 1.82) is 0 Å². The van der Waals surface area contributed by atoms with Crippen LogP contribution in [0.3, 0.4) is 0 Å². The third kappa shape index (κ3) is 35.9. The van der Waals surface area contributed by atoms with Crippen molar-refractivity contribution in [3.8, 4) is 0 Å². The number of hydrogen-bond acceptors (Lipinski definition) is 10. The molecule has 0 bridgehead atoms. The second-order valence-electron chi connectivity index (χ2n) is 13.8. The SMILES string of the molecule is CCCCC/C=C\C\C=C/C=C/C=C/[C@@H](SC[C@H](N)C(=O)O[C@H](COC(=O)CCCCCCC/C=C\CCCCCC)COP(=O)(O)O)[C@@H](O)CCCC(=O)O. The number of carbonyl (C=O) groups excluding carboxylic acids is 2. The van der Waals surface area contributed by atoms with Crippen LogP contribution >= 0.6 is 19.6 Å². The van der Waals surface area contributed by atoms with E-state index in [9.17, 15) is 33.8 Å². The van der Waals surface area contributed by atoms with Gasteiger partial charge in [-0.05, 0) is 64.2 Å². The Hall–Kier alpha value is -2.51. The van der Waals surface area contributed by atoms with Crippen molar-refractivity contribution in [2.45, 2.75) is 166 Å². The minimum Gasteiger partial charge on any atom is -0.481 e. The highest BCUT2D eigenvalue weighted by molar-refractivity contribution is 8.00. The number of aliphatic hydroxyl groups excluding tert-OH is 1. The summed E-state index contributed by atoms with van der Waals surface area (Å²) < 4.78 is 26.5. The van der Waals surface area contributed by atoms with Gasteiger partial charge in [0.1, 0.15) is 12.6 Å². The number of thioether (sulfide) groups is 1. The lowest BCUT2D eigenvalue weighted by molar-refractivity contribution is -0.161. The third-order valence-electron chi connectivity index (χ3n) is 8.51. The molecule has 4 atom stereocenters. The number of allylic oxidation sites excluding steroid dienone is 9. The molecule has 6 N–H and O–H groups in total. The first-order valence-electron chi connectivity index (χ1n) is 20.5. The number of aliphatic carboxylic acids is 1. The Balaban J connectivity index is 4.96. The number of rotatable bonds is 37. The van der Waals surface area contributed by atoms with E-state index in [1.54, 1.807) is 18.2 Å². The topological polar surface area (TPSA) is 203 Å². The van der Waals surface area contributed by atoms with Crippen LogP contribution in [0.2, 0.25) is 0 Å². The predicted octanol–water partition coefficient (Wildman–Crippen LogP) is 9.05. The van der Waals surface area contributed by atoms with Gasteiger partial charge in [-0.2, -0.15) is 0 Å². The first-order valence-corrected chi connectivity index (χ1v) is 23.1. The van der Waals surface area contributed by atoms with E-state index in [-0.39, 0.29) is 31.4 Å². The number of nitrogens with two attached hydrogens (primary N) is 1. The zero-order chi connectivity index (χ0) is 41.7. The summed E-state index contributed by atoms with van der Waals surface area (Å²) in [6.07, 6.45) is 35.6. The highest BCUT2D eigenvalue weighted by Crippen LogP contribution is 2.36. The molecule has 12 nitrogen and oxygen atoms in total. The number of aliphatic hydroxyl groups is 1. The van der Waals surface area contributed by atoms with Crippen molar-refractivity contribution in [1.82, 2.24) is 0 Å². The molecule has 0 aliphatic carbocycles. The number of esters is 2. The number of carboxylic acids is 1. The Labute approximate surface area is 340 Å². The predicted molar refractivity (Wildman–Crippen MR) is 226 cm³/mol. The Morgan fingerprint density at radius 1 is 0.732 bits per heavy atom. The molecule has 0 saturated heterocycles. The minimum atomic E-state index is -4.92. The molecule has 14 heteroatoms. The summed E-state index contributed by atoms with van der Waals surface area (Å²) in [6.45, 7) is 3.19. The highest BCUT2D eigenvalue weighted by atomic mass is 32.2. The van der Waals surface area contributed by atoms with E-state index >= 15 is 0 Å². The van der Waals surface area contributed by atoms with E-state index in [2.05, 4.69) is 42.7 Å². The maximum absolute atomic E-state index is 12.9. The second kappa shape index (κ2) is 36.8. The molecule has 0 aromatic rings. The van der Waals surface area contributed by atoms with Crippen molar-refractivity contribution in [3.63, 3.8) is 0 Å². The Bertz CT molecular complexity index is 1220. The lowest BCUT2D eigenvalue weighted by atomic mass is 10.1. The van der Waals surface area contributed by atoms with Crippen LogP contribution < -0.4 is 5.73 Å². The van der Waals surface area contributed by atoms with Gasteiger partial charge in [0.15, 0.2) is 6.10 Å². The van der Waals surface area contributed by atoms with Crippen molar-refractivity contribution in [2.24, 2.45) is 5.73 Å². The molecule has 0 heterocycles. The first kappa shape index (κ1) is 53.5. The van der Waals surface area contributed by atoms with Crippen LogP contribution in [-0.2, 0) is 32.9 Å². The average Bonchev–Trinajstić information content (AvgIpc) is 3.15. The number of phosphoric acid groups is 1. The standard InChI is InChI=1S/C42H72NO11PS/c1-3-5-7-9-11-13-15-17-19-21-23-25-27-32-41(47)52-33-36(34-53-55(49,50)51)54-42(48)37(43)35-56-39(38(44)29-28-31-40(45)46)30-26-24-22-20-18-16-14-12-10-8-6-4-2/h12-15,18,20,22,24,26,30,36-39,44H,3-11,16-17,19,21,23,25,27-29,31-35,43H2,1-2H3,(H,45,46)(H2,49,50,51)/b14-12-,15-13-,20-18-,24-22+,30-26+/t36-,37+,38+,39-/m1/s1. The molecule has 0 aromatic heterocycles. The number of ether oxygens (including phenoxy) is 2. The fourth-order valence-corrected chi connectivity index (χ4v) is 6.75. The summed E-state index contributed by atoms with van der Waals surface area (Å²) in [6, 6.07) is -1.20. The van der Waals surface area contributed by atoms with Gasteiger partial charge in [-0.25, -0.2) is 4.57 Å². The van der Waals surface area contributed by atoms with Gasteiger partial charge in [0, 0.05) is 23.8 Å². The van der Waals surface area contributed by atoms with Crippen LogP contribution in [0, 0.1) is 0 Å². The van der Waals surface area contributed by atoms with Crippen LogP contribution in [0.25, 0.3) is 0 Å². The van der Waals surface area contributed by atoms with Crippen LogP contribution in [0.1, 0.15) is 142 Å². The van der Waals surface area contributed by atoms with E-state index in [1.807, 2.05) is 18.2 Å². The number of phosphoric ester groups is 1. The van der Waals surface area contributed by atoms with Gasteiger partial charge in [-0.1, -0.05) is 126 Å². The van der Waals surface area contributed by atoms with Gasteiger partial charge in [-0.3, -0.25) is 18.9 Å². The minimum absolute atomic E-state index is 0.000763. The summed E-state index contributed by atoms with van der Waals surface area (Å²) in [4.78, 5) is 54.6. The van der Waals surface area contributed by atoms with Gasteiger partial charge in [0.2, 0.25) is 0 Å². The van der Waals surface area contributed by atoms with Gasteiger partial charge in [0.05, 0.1) is 12.7 Å². The Morgan fingerprint density at radius 3 is 1.98 bits per heavy atom. The summed E-state index contributed by atoms with van der Waals surface area (Å²) in [7, 11) is -4.92. The number of unbranched alkanes of at least 4 members (excludes halogenated alkanes) is 12. The van der Waals surface area contributed by atoms with Gasteiger partial charge >= 0.3 is 25.7 Å². The van der Waals surface area contributed by atoms with E-state index in [4.69, 9.17) is 20.3 Å². The molecular formula is C42H72NO11PS. The quantitative estimate of drug-likeness (QED) is 0.0131. The summed E-state index contributed by atoms with van der Waals surface area (Å²) in [5, 5.41) is 19.3.